The standard InChI is InChI=1S/C17H13ClN2O/c1-12-5-7-16(8-6-12)20-17(21)14(11-19)9-13-3-2-4-15(18)10-13/h2-10H,1H3,(H,20,21)/b14-9-. The molecule has 2 rings (SSSR count). The van der Waals surface area contributed by atoms with E-state index in [0.717, 1.165) is 5.56 Å². The zero-order valence-corrected chi connectivity index (χ0v) is 12.2. The first-order chi connectivity index (χ1) is 10.1. The van der Waals surface area contributed by atoms with E-state index in [1.54, 1.807) is 36.4 Å². The Labute approximate surface area is 128 Å². The van der Waals surface area contributed by atoms with Crippen molar-refractivity contribution in [3.63, 3.8) is 0 Å². The lowest BCUT2D eigenvalue weighted by Crippen LogP contribution is -2.13. The van der Waals surface area contributed by atoms with Crippen molar-refractivity contribution in [2.75, 3.05) is 5.32 Å². The first-order valence-electron chi connectivity index (χ1n) is 6.34. The van der Waals surface area contributed by atoms with Gasteiger partial charge in [0.1, 0.15) is 11.6 Å². The predicted octanol–water partition coefficient (Wildman–Crippen LogP) is 4.19. The number of nitriles is 1. The van der Waals surface area contributed by atoms with Crippen LogP contribution in [-0.4, -0.2) is 5.91 Å². The molecule has 104 valence electrons. The molecule has 0 saturated heterocycles. The lowest BCUT2D eigenvalue weighted by molar-refractivity contribution is -0.112. The van der Waals surface area contributed by atoms with Crippen LogP contribution in [0.4, 0.5) is 5.69 Å². The van der Waals surface area contributed by atoms with Gasteiger partial charge in [-0.2, -0.15) is 5.26 Å². The summed E-state index contributed by atoms with van der Waals surface area (Å²) in [5.41, 5.74) is 2.48. The third-order valence-corrected chi connectivity index (χ3v) is 3.07. The highest BCUT2D eigenvalue weighted by atomic mass is 35.5. The Kier molecular flexibility index (Phi) is 4.76. The Hall–Kier alpha value is -2.57. The van der Waals surface area contributed by atoms with Gasteiger partial charge >= 0.3 is 0 Å². The average molecular weight is 297 g/mol. The SMILES string of the molecule is Cc1ccc(NC(=O)/C(C#N)=C\c2cccc(Cl)c2)cc1. The molecule has 3 nitrogen and oxygen atoms in total. The van der Waals surface area contributed by atoms with Gasteiger partial charge in [-0.25, -0.2) is 0 Å². The van der Waals surface area contributed by atoms with E-state index < -0.39 is 5.91 Å². The molecule has 0 aromatic heterocycles. The number of aryl methyl sites for hydroxylation is 1. The summed E-state index contributed by atoms with van der Waals surface area (Å²) in [6.45, 7) is 1.96. The fourth-order valence-electron chi connectivity index (χ4n) is 1.75. The Balaban J connectivity index is 2.19. The summed E-state index contributed by atoms with van der Waals surface area (Å²) in [7, 11) is 0. The molecule has 0 heterocycles. The van der Waals surface area contributed by atoms with Crippen molar-refractivity contribution < 1.29 is 4.79 Å². The quantitative estimate of drug-likeness (QED) is 0.682. The van der Waals surface area contributed by atoms with E-state index >= 15 is 0 Å². The van der Waals surface area contributed by atoms with E-state index in [4.69, 9.17) is 16.9 Å². The number of carbonyl (C=O) groups is 1. The van der Waals surface area contributed by atoms with E-state index in [0.29, 0.717) is 16.3 Å². The largest absolute Gasteiger partial charge is 0.321 e. The molecular weight excluding hydrogens is 284 g/mol. The number of amides is 1. The molecule has 21 heavy (non-hydrogen) atoms. The minimum absolute atomic E-state index is 0.0258. The van der Waals surface area contributed by atoms with Gasteiger partial charge in [0.15, 0.2) is 0 Å². The Morgan fingerprint density at radius 3 is 2.57 bits per heavy atom. The van der Waals surface area contributed by atoms with E-state index in [1.165, 1.54) is 6.08 Å². The highest BCUT2D eigenvalue weighted by molar-refractivity contribution is 6.30. The highest BCUT2D eigenvalue weighted by Crippen LogP contribution is 2.15. The number of hydrogen-bond donors (Lipinski definition) is 1. The molecule has 0 fully saturated rings. The maximum absolute atomic E-state index is 12.1. The van der Waals surface area contributed by atoms with Gasteiger partial charge in [0.2, 0.25) is 0 Å². The second kappa shape index (κ2) is 6.74. The predicted molar refractivity (Wildman–Crippen MR) is 84.9 cm³/mol. The molecule has 0 saturated carbocycles. The molecular formula is C17H13ClN2O. The van der Waals surface area contributed by atoms with Crippen molar-refractivity contribution in [2.24, 2.45) is 0 Å². The van der Waals surface area contributed by atoms with Gasteiger partial charge in [0.05, 0.1) is 0 Å². The van der Waals surface area contributed by atoms with Crippen LogP contribution in [0.25, 0.3) is 6.08 Å². The van der Waals surface area contributed by atoms with Gasteiger partial charge in [-0.15, -0.1) is 0 Å². The molecule has 0 unspecified atom stereocenters. The fraction of sp³-hybridized carbons (Fsp3) is 0.0588. The lowest BCUT2D eigenvalue weighted by Gasteiger charge is -2.04. The van der Waals surface area contributed by atoms with Crippen molar-refractivity contribution in [1.82, 2.24) is 0 Å². The molecule has 0 bridgehead atoms. The smallest absolute Gasteiger partial charge is 0.266 e. The number of hydrogen-bond acceptors (Lipinski definition) is 2. The van der Waals surface area contributed by atoms with E-state index in [9.17, 15) is 4.79 Å². The number of nitrogens with zero attached hydrogens (tertiary/aromatic N) is 1. The molecule has 0 aliphatic heterocycles. The van der Waals surface area contributed by atoms with Gasteiger partial charge in [0, 0.05) is 10.7 Å². The monoisotopic (exact) mass is 296 g/mol. The van der Waals surface area contributed by atoms with Crippen molar-refractivity contribution in [2.45, 2.75) is 6.92 Å². The molecule has 1 amide bonds. The van der Waals surface area contributed by atoms with Crippen LogP contribution in [0.3, 0.4) is 0 Å². The molecule has 0 radical (unpaired) electrons. The summed E-state index contributed by atoms with van der Waals surface area (Å²) < 4.78 is 0. The Bertz CT molecular complexity index is 727. The Morgan fingerprint density at radius 1 is 1.24 bits per heavy atom. The van der Waals surface area contributed by atoms with Crippen LogP contribution in [0.5, 0.6) is 0 Å². The van der Waals surface area contributed by atoms with Gasteiger partial charge < -0.3 is 5.32 Å². The van der Waals surface area contributed by atoms with Crippen LogP contribution < -0.4 is 5.32 Å². The van der Waals surface area contributed by atoms with Crippen molar-refractivity contribution in [3.8, 4) is 6.07 Å². The summed E-state index contributed by atoms with van der Waals surface area (Å²) in [6, 6.07) is 16.2. The summed E-state index contributed by atoms with van der Waals surface area (Å²) >= 11 is 5.88. The number of benzene rings is 2. The van der Waals surface area contributed by atoms with Gasteiger partial charge in [-0.1, -0.05) is 41.4 Å². The van der Waals surface area contributed by atoms with Gasteiger partial charge in [0.25, 0.3) is 5.91 Å². The second-order valence-corrected chi connectivity index (χ2v) is 4.98. The number of anilines is 1. The van der Waals surface area contributed by atoms with Gasteiger partial charge in [-0.05, 0) is 42.8 Å². The summed E-state index contributed by atoms with van der Waals surface area (Å²) in [5, 5.41) is 12.4. The highest BCUT2D eigenvalue weighted by Gasteiger charge is 2.09. The number of rotatable bonds is 3. The topological polar surface area (TPSA) is 52.9 Å². The van der Waals surface area contributed by atoms with Crippen LogP contribution >= 0.6 is 11.6 Å². The van der Waals surface area contributed by atoms with Crippen LogP contribution in [-0.2, 0) is 4.79 Å². The molecule has 2 aromatic rings. The van der Waals surface area contributed by atoms with Gasteiger partial charge in [-0.3, -0.25) is 4.79 Å². The van der Waals surface area contributed by atoms with Crippen LogP contribution in [0.1, 0.15) is 11.1 Å². The maximum atomic E-state index is 12.1. The summed E-state index contributed by atoms with van der Waals surface area (Å²) in [4.78, 5) is 12.1. The molecule has 4 heteroatoms. The zero-order chi connectivity index (χ0) is 15.2. The molecule has 1 N–H and O–H groups in total. The Morgan fingerprint density at radius 2 is 1.95 bits per heavy atom. The first-order valence-corrected chi connectivity index (χ1v) is 6.71. The third kappa shape index (κ3) is 4.20. The molecule has 0 aliphatic rings. The normalized spacial score (nSPS) is 10.8. The average Bonchev–Trinajstić information content (AvgIpc) is 2.47. The van der Waals surface area contributed by atoms with E-state index in [1.807, 2.05) is 25.1 Å². The van der Waals surface area contributed by atoms with Crippen LogP contribution in [0, 0.1) is 18.3 Å². The minimum atomic E-state index is -0.443. The van der Waals surface area contributed by atoms with Crippen LogP contribution in [0.2, 0.25) is 5.02 Å². The molecule has 0 atom stereocenters. The number of halogens is 1. The number of carbonyl (C=O) groups excluding carboxylic acids is 1. The summed E-state index contributed by atoms with van der Waals surface area (Å²) in [5.74, 6) is -0.443. The lowest BCUT2D eigenvalue weighted by atomic mass is 10.1. The number of nitrogens with one attached hydrogen (secondary N) is 1. The molecule has 0 spiro atoms. The van der Waals surface area contributed by atoms with Crippen molar-refractivity contribution in [1.29, 1.82) is 5.26 Å². The maximum Gasteiger partial charge on any atom is 0.266 e. The molecule has 2 aromatic carbocycles. The van der Waals surface area contributed by atoms with Crippen LogP contribution in [0.15, 0.2) is 54.1 Å². The van der Waals surface area contributed by atoms with Crippen molar-refractivity contribution in [3.05, 3.63) is 70.3 Å². The second-order valence-electron chi connectivity index (χ2n) is 4.54. The third-order valence-electron chi connectivity index (χ3n) is 2.83. The van der Waals surface area contributed by atoms with E-state index in [-0.39, 0.29) is 5.57 Å². The molecule has 0 aliphatic carbocycles. The first kappa shape index (κ1) is 14.8. The van der Waals surface area contributed by atoms with E-state index in [2.05, 4.69) is 5.32 Å². The summed E-state index contributed by atoms with van der Waals surface area (Å²) in [6.07, 6.45) is 1.51. The van der Waals surface area contributed by atoms with Crippen molar-refractivity contribution >= 4 is 29.3 Å². The minimum Gasteiger partial charge on any atom is -0.321 e. The fourth-order valence-corrected chi connectivity index (χ4v) is 1.95. The zero-order valence-electron chi connectivity index (χ0n) is 11.4.